The molecular weight excluding hydrogens is 332 g/mol. The van der Waals surface area contributed by atoms with Crippen molar-refractivity contribution < 1.29 is 19.1 Å². The van der Waals surface area contributed by atoms with Gasteiger partial charge in [-0.05, 0) is 66.8 Å². The lowest BCUT2D eigenvalue weighted by Crippen LogP contribution is -2.28. The number of aryl methyl sites for hydroxylation is 2. The molecule has 2 aromatic rings. The highest BCUT2D eigenvalue weighted by Gasteiger charge is 2.42. The summed E-state index contributed by atoms with van der Waals surface area (Å²) >= 11 is 0. The standard InChI is InChI=1S/C20H16N2O4/c1-11-8-12(10-21)2-7-17(11)25-14-4-6-15-13(9-14)3-5-16(15)18-19(23)22-20(24)26-18/h2,4,6-9,16,18H,3,5H2,1H3,(H,22,23,24)/t16-,18+/m1/s1. The van der Waals surface area contributed by atoms with Crippen LogP contribution in [-0.4, -0.2) is 18.1 Å². The summed E-state index contributed by atoms with van der Waals surface area (Å²) in [5, 5.41) is 11.1. The molecule has 1 saturated heterocycles. The zero-order valence-corrected chi connectivity index (χ0v) is 14.1. The van der Waals surface area contributed by atoms with E-state index in [1.54, 1.807) is 18.2 Å². The Labute approximate surface area is 150 Å². The van der Waals surface area contributed by atoms with E-state index in [1.165, 1.54) is 0 Å². The normalized spacial score (nSPS) is 20.9. The number of alkyl carbamates (subject to hydrolysis) is 1. The summed E-state index contributed by atoms with van der Waals surface area (Å²) in [6, 6.07) is 13.1. The van der Waals surface area contributed by atoms with Gasteiger partial charge in [0.2, 0.25) is 0 Å². The van der Waals surface area contributed by atoms with E-state index in [0.717, 1.165) is 29.5 Å². The number of amides is 2. The molecule has 2 aromatic carbocycles. The fourth-order valence-corrected chi connectivity index (χ4v) is 3.60. The van der Waals surface area contributed by atoms with Crippen LogP contribution in [0, 0.1) is 18.3 Å². The van der Waals surface area contributed by atoms with Crippen LogP contribution in [-0.2, 0) is 16.0 Å². The summed E-state index contributed by atoms with van der Waals surface area (Å²) in [5.74, 6) is 0.899. The van der Waals surface area contributed by atoms with E-state index in [2.05, 4.69) is 11.4 Å². The first-order valence-corrected chi connectivity index (χ1v) is 8.38. The molecule has 2 aliphatic rings. The zero-order valence-electron chi connectivity index (χ0n) is 14.1. The highest BCUT2D eigenvalue weighted by atomic mass is 16.6. The maximum absolute atomic E-state index is 11.9. The largest absolute Gasteiger partial charge is 0.457 e. The van der Waals surface area contributed by atoms with Gasteiger partial charge in [0, 0.05) is 5.92 Å². The van der Waals surface area contributed by atoms with Gasteiger partial charge in [0.05, 0.1) is 11.6 Å². The third-order valence-electron chi connectivity index (χ3n) is 4.85. The summed E-state index contributed by atoms with van der Waals surface area (Å²) in [6.07, 6.45) is 0.117. The van der Waals surface area contributed by atoms with Gasteiger partial charge in [-0.15, -0.1) is 0 Å². The number of nitrogens with one attached hydrogen (secondary N) is 1. The Balaban J connectivity index is 1.56. The molecule has 0 unspecified atom stereocenters. The summed E-state index contributed by atoms with van der Waals surface area (Å²) in [5.41, 5.74) is 3.59. The molecule has 2 amide bonds. The van der Waals surface area contributed by atoms with Gasteiger partial charge < -0.3 is 9.47 Å². The molecule has 6 nitrogen and oxygen atoms in total. The quantitative estimate of drug-likeness (QED) is 0.919. The van der Waals surface area contributed by atoms with Crippen LogP contribution >= 0.6 is 0 Å². The molecule has 1 heterocycles. The number of benzene rings is 2. The lowest BCUT2D eigenvalue weighted by Gasteiger charge is -2.16. The van der Waals surface area contributed by atoms with Gasteiger partial charge >= 0.3 is 6.09 Å². The number of cyclic esters (lactones) is 1. The molecule has 2 atom stereocenters. The third kappa shape index (κ3) is 2.78. The van der Waals surface area contributed by atoms with E-state index in [-0.39, 0.29) is 11.8 Å². The second-order valence-electron chi connectivity index (χ2n) is 6.52. The number of ether oxygens (including phenoxy) is 2. The molecule has 1 aliphatic heterocycles. The Kier molecular flexibility index (Phi) is 3.85. The van der Waals surface area contributed by atoms with Crippen molar-refractivity contribution in [2.45, 2.75) is 31.8 Å². The van der Waals surface area contributed by atoms with Crippen molar-refractivity contribution in [2.75, 3.05) is 0 Å². The monoisotopic (exact) mass is 348 g/mol. The Hall–Kier alpha value is -3.33. The minimum Gasteiger partial charge on any atom is -0.457 e. The van der Waals surface area contributed by atoms with E-state index in [4.69, 9.17) is 14.7 Å². The topological polar surface area (TPSA) is 88.4 Å². The first-order chi connectivity index (χ1) is 12.5. The van der Waals surface area contributed by atoms with Crippen LogP contribution in [0.25, 0.3) is 0 Å². The van der Waals surface area contributed by atoms with E-state index in [1.807, 2.05) is 25.1 Å². The SMILES string of the molecule is Cc1cc(C#N)ccc1Oc1ccc2c(c1)CC[C@H]2[C@@H]1OC(=O)NC1=O. The van der Waals surface area contributed by atoms with Crippen LogP contribution < -0.4 is 10.1 Å². The molecule has 0 saturated carbocycles. The summed E-state index contributed by atoms with van der Waals surface area (Å²) < 4.78 is 11.1. The molecule has 0 aromatic heterocycles. The molecule has 1 aliphatic carbocycles. The fourth-order valence-electron chi connectivity index (χ4n) is 3.60. The lowest BCUT2D eigenvalue weighted by molar-refractivity contribution is -0.124. The highest BCUT2D eigenvalue weighted by molar-refractivity contribution is 6.00. The van der Waals surface area contributed by atoms with Crippen LogP contribution in [0.1, 0.15) is 34.6 Å². The van der Waals surface area contributed by atoms with E-state index in [0.29, 0.717) is 17.1 Å². The molecule has 1 fully saturated rings. The van der Waals surface area contributed by atoms with Gasteiger partial charge in [-0.3, -0.25) is 10.1 Å². The van der Waals surface area contributed by atoms with Crippen molar-refractivity contribution in [2.24, 2.45) is 0 Å². The summed E-state index contributed by atoms with van der Waals surface area (Å²) in [6.45, 7) is 1.90. The van der Waals surface area contributed by atoms with Crippen molar-refractivity contribution in [1.29, 1.82) is 5.26 Å². The summed E-state index contributed by atoms with van der Waals surface area (Å²) in [4.78, 5) is 23.1. The van der Waals surface area contributed by atoms with Crippen LogP contribution in [0.4, 0.5) is 4.79 Å². The van der Waals surface area contributed by atoms with Gasteiger partial charge in [0.1, 0.15) is 11.5 Å². The smallest absolute Gasteiger partial charge is 0.414 e. The number of nitrogens with zero attached hydrogens (tertiary/aromatic N) is 1. The zero-order chi connectivity index (χ0) is 18.3. The number of carbonyl (C=O) groups is 2. The van der Waals surface area contributed by atoms with Crippen molar-refractivity contribution >= 4 is 12.0 Å². The molecule has 0 spiro atoms. The number of rotatable bonds is 3. The predicted octanol–water partition coefficient (Wildman–Crippen LogP) is 3.32. The lowest BCUT2D eigenvalue weighted by atomic mass is 9.95. The Morgan fingerprint density at radius 1 is 1.23 bits per heavy atom. The van der Waals surface area contributed by atoms with E-state index < -0.39 is 12.2 Å². The minimum absolute atomic E-state index is 0.123. The summed E-state index contributed by atoms with van der Waals surface area (Å²) in [7, 11) is 0. The molecule has 6 heteroatoms. The highest BCUT2D eigenvalue weighted by Crippen LogP contribution is 2.40. The van der Waals surface area contributed by atoms with Crippen LogP contribution in [0.5, 0.6) is 11.5 Å². The van der Waals surface area contributed by atoms with Crippen molar-refractivity contribution in [3.63, 3.8) is 0 Å². The Bertz CT molecular complexity index is 961. The molecule has 0 radical (unpaired) electrons. The maximum atomic E-state index is 11.9. The number of nitriles is 1. The Morgan fingerprint density at radius 2 is 2.08 bits per heavy atom. The molecular formula is C20H16N2O4. The predicted molar refractivity (Wildman–Crippen MR) is 91.9 cm³/mol. The Morgan fingerprint density at radius 3 is 2.77 bits per heavy atom. The first kappa shape index (κ1) is 16.2. The van der Waals surface area contributed by atoms with Crippen LogP contribution in [0.2, 0.25) is 0 Å². The number of carbonyl (C=O) groups excluding carboxylic acids is 2. The number of hydrogen-bond donors (Lipinski definition) is 1. The molecule has 4 rings (SSSR count). The van der Waals surface area contributed by atoms with Gasteiger partial charge in [-0.1, -0.05) is 6.07 Å². The molecule has 26 heavy (non-hydrogen) atoms. The second-order valence-corrected chi connectivity index (χ2v) is 6.52. The van der Waals surface area contributed by atoms with Crippen LogP contribution in [0.15, 0.2) is 36.4 Å². The van der Waals surface area contributed by atoms with Gasteiger partial charge in [0.15, 0.2) is 6.10 Å². The van der Waals surface area contributed by atoms with E-state index in [9.17, 15) is 9.59 Å². The maximum Gasteiger partial charge on any atom is 0.414 e. The minimum atomic E-state index is -0.753. The average Bonchev–Trinajstić information content (AvgIpc) is 3.18. The van der Waals surface area contributed by atoms with Crippen LogP contribution in [0.3, 0.4) is 0 Å². The number of imide groups is 1. The number of fused-ring (bicyclic) bond motifs is 1. The van der Waals surface area contributed by atoms with E-state index >= 15 is 0 Å². The average molecular weight is 348 g/mol. The molecule has 130 valence electrons. The molecule has 1 N–H and O–H groups in total. The fraction of sp³-hybridized carbons (Fsp3) is 0.250. The van der Waals surface area contributed by atoms with Crippen molar-refractivity contribution in [1.82, 2.24) is 5.32 Å². The van der Waals surface area contributed by atoms with Crippen molar-refractivity contribution in [3.05, 3.63) is 58.7 Å². The number of hydrogen-bond acceptors (Lipinski definition) is 5. The van der Waals surface area contributed by atoms with Crippen molar-refractivity contribution in [3.8, 4) is 17.6 Å². The van der Waals surface area contributed by atoms with Gasteiger partial charge in [-0.25, -0.2) is 4.79 Å². The van der Waals surface area contributed by atoms with Gasteiger partial charge in [0.25, 0.3) is 5.91 Å². The third-order valence-corrected chi connectivity index (χ3v) is 4.85. The molecule has 0 bridgehead atoms. The van der Waals surface area contributed by atoms with Gasteiger partial charge in [-0.2, -0.15) is 5.26 Å². The first-order valence-electron chi connectivity index (χ1n) is 8.38. The second kappa shape index (κ2) is 6.19.